The number of hydrogen-bond donors (Lipinski definition) is 1. The lowest BCUT2D eigenvalue weighted by Gasteiger charge is -2.12. The minimum absolute atomic E-state index is 0.501. The maximum absolute atomic E-state index is 10.2. The van der Waals surface area contributed by atoms with Crippen molar-refractivity contribution in [3.05, 3.63) is 50.8 Å². The molecule has 0 fully saturated rings. The number of aliphatic hydroxyl groups excluding tert-OH is 1. The molecule has 0 amide bonds. The zero-order valence-electron chi connectivity index (χ0n) is 10.4. The number of hydrogen-bond acceptors (Lipinski definition) is 3. The lowest BCUT2D eigenvalue weighted by Crippen LogP contribution is -2.00. The molecular formula is C14H14Br2O3. The van der Waals surface area contributed by atoms with Crippen molar-refractivity contribution in [2.24, 2.45) is 0 Å². The van der Waals surface area contributed by atoms with Crippen LogP contribution in [0.5, 0.6) is 5.75 Å². The van der Waals surface area contributed by atoms with E-state index in [-0.39, 0.29) is 0 Å². The summed E-state index contributed by atoms with van der Waals surface area (Å²) in [4.78, 5) is 0. The van der Waals surface area contributed by atoms with E-state index < -0.39 is 6.10 Å². The van der Waals surface area contributed by atoms with E-state index in [0.29, 0.717) is 17.0 Å². The summed E-state index contributed by atoms with van der Waals surface area (Å²) in [5, 5.41) is 10.2. The summed E-state index contributed by atoms with van der Waals surface area (Å²) in [7, 11) is 0. The van der Waals surface area contributed by atoms with Gasteiger partial charge in [-0.2, -0.15) is 0 Å². The summed E-state index contributed by atoms with van der Waals surface area (Å²) in [5.41, 5.74) is 0.748. The molecule has 1 aromatic heterocycles. The van der Waals surface area contributed by atoms with Crippen LogP contribution in [0.1, 0.15) is 30.8 Å². The van der Waals surface area contributed by atoms with Crippen LogP contribution in [0.15, 0.2) is 43.9 Å². The molecule has 0 aliphatic carbocycles. The van der Waals surface area contributed by atoms with Crippen LogP contribution < -0.4 is 4.74 Å². The van der Waals surface area contributed by atoms with Crippen LogP contribution in [0.25, 0.3) is 0 Å². The van der Waals surface area contributed by atoms with Gasteiger partial charge in [-0.1, -0.05) is 13.0 Å². The van der Waals surface area contributed by atoms with Gasteiger partial charge in [0.25, 0.3) is 0 Å². The fourth-order valence-electron chi connectivity index (χ4n) is 1.66. The van der Waals surface area contributed by atoms with Crippen LogP contribution in [-0.4, -0.2) is 11.7 Å². The largest absolute Gasteiger partial charge is 0.492 e. The first-order chi connectivity index (χ1) is 9.11. The van der Waals surface area contributed by atoms with Crippen molar-refractivity contribution in [1.82, 2.24) is 0 Å². The van der Waals surface area contributed by atoms with Gasteiger partial charge in [-0.05, 0) is 68.1 Å². The third kappa shape index (κ3) is 3.61. The Morgan fingerprint density at radius 1 is 1.26 bits per heavy atom. The first-order valence-electron chi connectivity index (χ1n) is 5.97. The van der Waals surface area contributed by atoms with Crippen molar-refractivity contribution in [2.45, 2.75) is 19.4 Å². The molecule has 19 heavy (non-hydrogen) atoms. The molecule has 0 aliphatic heterocycles. The normalized spacial score (nSPS) is 12.4. The zero-order chi connectivity index (χ0) is 13.8. The number of rotatable bonds is 5. The predicted molar refractivity (Wildman–Crippen MR) is 80.4 cm³/mol. The fraction of sp³-hybridized carbons (Fsp3) is 0.286. The fourth-order valence-corrected chi connectivity index (χ4v) is 2.49. The monoisotopic (exact) mass is 388 g/mol. The molecule has 2 rings (SSSR count). The van der Waals surface area contributed by atoms with Crippen LogP contribution in [-0.2, 0) is 0 Å². The third-order valence-corrected chi connectivity index (χ3v) is 3.64. The molecule has 0 saturated carbocycles. The van der Waals surface area contributed by atoms with Gasteiger partial charge in [-0.3, -0.25) is 0 Å². The van der Waals surface area contributed by atoms with Crippen LogP contribution >= 0.6 is 31.9 Å². The Labute approximate surface area is 128 Å². The molecule has 1 aromatic carbocycles. The molecule has 1 atom stereocenters. The van der Waals surface area contributed by atoms with Gasteiger partial charge in [0, 0.05) is 0 Å². The molecule has 102 valence electrons. The molecule has 0 aliphatic rings. The summed E-state index contributed by atoms with van der Waals surface area (Å²) >= 11 is 6.67. The van der Waals surface area contributed by atoms with Gasteiger partial charge >= 0.3 is 0 Å². The topological polar surface area (TPSA) is 42.6 Å². The number of aliphatic hydroxyl groups is 1. The molecule has 0 spiro atoms. The van der Waals surface area contributed by atoms with Crippen LogP contribution in [0.4, 0.5) is 0 Å². The maximum Gasteiger partial charge on any atom is 0.169 e. The molecule has 2 aromatic rings. The van der Waals surface area contributed by atoms with Gasteiger partial charge < -0.3 is 14.3 Å². The van der Waals surface area contributed by atoms with Gasteiger partial charge in [-0.25, -0.2) is 0 Å². The highest BCUT2D eigenvalue weighted by Crippen LogP contribution is 2.32. The van der Waals surface area contributed by atoms with Crippen LogP contribution in [0, 0.1) is 0 Å². The van der Waals surface area contributed by atoms with E-state index >= 15 is 0 Å². The van der Waals surface area contributed by atoms with Crippen LogP contribution in [0.2, 0.25) is 0 Å². The van der Waals surface area contributed by atoms with Gasteiger partial charge in [0.15, 0.2) is 4.67 Å². The van der Waals surface area contributed by atoms with E-state index in [9.17, 15) is 5.11 Å². The summed E-state index contributed by atoms with van der Waals surface area (Å²) < 4.78 is 12.3. The number of furan rings is 1. The van der Waals surface area contributed by atoms with E-state index in [0.717, 1.165) is 22.2 Å². The molecule has 1 unspecified atom stereocenters. The van der Waals surface area contributed by atoms with Gasteiger partial charge in [0.2, 0.25) is 0 Å². The van der Waals surface area contributed by atoms with Crippen molar-refractivity contribution in [1.29, 1.82) is 0 Å². The zero-order valence-corrected chi connectivity index (χ0v) is 13.6. The van der Waals surface area contributed by atoms with Crippen molar-refractivity contribution < 1.29 is 14.3 Å². The van der Waals surface area contributed by atoms with E-state index in [1.165, 1.54) is 0 Å². The highest BCUT2D eigenvalue weighted by molar-refractivity contribution is 9.10. The quantitative estimate of drug-likeness (QED) is 0.807. The summed E-state index contributed by atoms with van der Waals surface area (Å²) in [6.07, 6.45) is 0.167. The molecule has 1 heterocycles. The lowest BCUT2D eigenvalue weighted by molar-refractivity contribution is 0.187. The highest BCUT2D eigenvalue weighted by Gasteiger charge is 2.16. The molecule has 3 nitrogen and oxygen atoms in total. The highest BCUT2D eigenvalue weighted by atomic mass is 79.9. The van der Waals surface area contributed by atoms with Crippen molar-refractivity contribution >= 4 is 31.9 Å². The first kappa shape index (κ1) is 14.6. The predicted octanol–water partition coefficient (Wildman–Crippen LogP) is 4.68. The average Bonchev–Trinajstić information content (AvgIpc) is 2.83. The van der Waals surface area contributed by atoms with Crippen molar-refractivity contribution in [3.8, 4) is 5.75 Å². The van der Waals surface area contributed by atoms with Crippen molar-refractivity contribution in [3.63, 3.8) is 0 Å². The molecule has 0 radical (unpaired) electrons. The van der Waals surface area contributed by atoms with E-state index in [1.807, 2.05) is 18.2 Å². The standard InChI is InChI=1S/C14H14Br2O3/c1-2-7-18-11-4-3-9(8-10(11)15)14(17)12-5-6-13(16)19-12/h3-6,8,14,17H,2,7H2,1H3. The smallest absolute Gasteiger partial charge is 0.169 e. The van der Waals surface area contributed by atoms with E-state index in [4.69, 9.17) is 9.15 Å². The minimum atomic E-state index is -0.789. The SMILES string of the molecule is CCCOc1ccc(C(O)c2ccc(Br)o2)cc1Br. The minimum Gasteiger partial charge on any atom is -0.492 e. The Balaban J connectivity index is 2.19. The second-order valence-corrected chi connectivity index (χ2v) is 5.72. The van der Waals surface area contributed by atoms with E-state index in [1.54, 1.807) is 12.1 Å². The Hall–Kier alpha value is -0.780. The molecule has 0 bridgehead atoms. The maximum atomic E-state index is 10.2. The Morgan fingerprint density at radius 3 is 2.63 bits per heavy atom. The molecule has 5 heteroatoms. The second kappa shape index (κ2) is 6.59. The number of ether oxygens (including phenoxy) is 1. The summed E-state index contributed by atoms with van der Waals surface area (Å²) in [6, 6.07) is 9.01. The number of halogens is 2. The molecule has 1 N–H and O–H groups in total. The van der Waals surface area contributed by atoms with Gasteiger partial charge in [0.1, 0.15) is 17.6 Å². The first-order valence-corrected chi connectivity index (χ1v) is 7.56. The van der Waals surface area contributed by atoms with Crippen LogP contribution in [0.3, 0.4) is 0 Å². The third-order valence-electron chi connectivity index (χ3n) is 2.60. The molecular weight excluding hydrogens is 376 g/mol. The lowest BCUT2D eigenvalue weighted by atomic mass is 10.1. The number of benzene rings is 1. The summed E-state index contributed by atoms with van der Waals surface area (Å²) in [5.74, 6) is 1.28. The van der Waals surface area contributed by atoms with E-state index in [2.05, 4.69) is 38.8 Å². The summed E-state index contributed by atoms with van der Waals surface area (Å²) in [6.45, 7) is 2.73. The Bertz CT molecular complexity index is 551. The average molecular weight is 390 g/mol. The second-order valence-electron chi connectivity index (χ2n) is 4.08. The molecule has 0 saturated heterocycles. The Morgan fingerprint density at radius 2 is 2.05 bits per heavy atom. The van der Waals surface area contributed by atoms with Gasteiger partial charge in [-0.15, -0.1) is 0 Å². The Kier molecular flexibility index (Phi) is 5.07. The van der Waals surface area contributed by atoms with Gasteiger partial charge in [0.05, 0.1) is 11.1 Å². The van der Waals surface area contributed by atoms with Crippen molar-refractivity contribution in [2.75, 3.05) is 6.61 Å².